The van der Waals surface area contributed by atoms with Crippen LogP contribution >= 0.6 is 11.8 Å². The van der Waals surface area contributed by atoms with Crippen LogP contribution in [0.1, 0.15) is 33.6 Å². The molecule has 5 heteroatoms. The molecule has 1 amide bonds. The molecule has 0 aliphatic rings. The van der Waals surface area contributed by atoms with Crippen molar-refractivity contribution >= 4 is 17.7 Å². The van der Waals surface area contributed by atoms with Gasteiger partial charge < -0.3 is 5.32 Å². The summed E-state index contributed by atoms with van der Waals surface area (Å²) in [7, 11) is 0. The monoisotopic (exact) mass is 393 g/mol. The quantitative estimate of drug-likeness (QED) is 0.598. The highest BCUT2D eigenvalue weighted by Gasteiger charge is 2.13. The first kappa shape index (κ1) is 20.2. The number of aryl methyl sites for hydroxylation is 3. The van der Waals surface area contributed by atoms with Gasteiger partial charge in [-0.2, -0.15) is 5.10 Å². The maximum Gasteiger partial charge on any atom is 0.230 e. The number of aromatic nitrogens is 2. The zero-order valence-electron chi connectivity index (χ0n) is 17.0. The Bertz CT molecular complexity index is 963. The normalized spacial score (nSPS) is 10.9. The Labute approximate surface area is 171 Å². The Morgan fingerprint density at radius 2 is 1.82 bits per heavy atom. The third kappa shape index (κ3) is 5.04. The molecule has 0 radical (unpaired) electrons. The summed E-state index contributed by atoms with van der Waals surface area (Å²) >= 11 is 1.58. The largest absolute Gasteiger partial charge is 0.351 e. The van der Waals surface area contributed by atoms with Crippen molar-refractivity contribution < 1.29 is 4.79 Å². The standard InChI is InChI=1S/C23H27N3OS/c1-16-10-11-22(17(2)12-16)28-15-23(27)24-13-21-18(3)25-26(19(21)4)14-20-8-6-5-7-9-20/h5-12H,13-15H2,1-4H3,(H,24,27). The number of hydrogen-bond donors (Lipinski definition) is 1. The zero-order valence-corrected chi connectivity index (χ0v) is 17.8. The minimum atomic E-state index is 0.0413. The van der Waals surface area contributed by atoms with E-state index >= 15 is 0 Å². The third-order valence-electron chi connectivity index (χ3n) is 4.86. The molecule has 3 aromatic rings. The fourth-order valence-corrected chi connectivity index (χ4v) is 4.08. The van der Waals surface area contributed by atoms with Gasteiger partial charge >= 0.3 is 0 Å². The van der Waals surface area contributed by atoms with E-state index in [1.54, 1.807) is 11.8 Å². The lowest BCUT2D eigenvalue weighted by Gasteiger charge is -2.09. The molecule has 3 rings (SSSR count). The summed E-state index contributed by atoms with van der Waals surface area (Å²) in [5.41, 5.74) is 6.84. The molecule has 28 heavy (non-hydrogen) atoms. The van der Waals surface area contributed by atoms with Gasteiger partial charge in [-0.25, -0.2) is 0 Å². The first-order valence-electron chi connectivity index (χ1n) is 9.47. The lowest BCUT2D eigenvalue weighted by atomic mass is 10.2. The Morgan fingerprint density at radius 1 is 1.07 bits per heavy atom. The number of thioether (sulfide) groups is 1. The summed E-state index contributed by atoms with van der Waals surface area (Å²) in [6.45, 7) is 9.48. The number of nitrogens with zero attached hydrogens (tertiary/aromatic N) is 2. The first-order chi connectivity index (χ1) is 13.4. The molecule has 0 unspecified atom stereocenters. The molecule has 0 aliphatic carbocycles. The highest BCUT2D eigenvalue weighted by atomic mass is 32.2. The van der Waals surface area contributed by atoms with Gasteiger partial charge in [0.2, 0.25) is 5.91 Å². The second-order valence-corrected chi connectivity index (χ2v) is 8.14. The zero-order chi connectivity index (χ0) is 20.1. The summed E-state index contributed by atoms with van der Waals surface area (Å²) in [6, 6.07) is 16.6. The number of hydrogen-bond acceptors (Lipinski definition) is 3. The van der Waals surface area contributed by atoms with E-state index in [1.165, 1.54) is 16.7 Å². The van der Waals surface area contributed by atoms with Gasteiger partial charge in [0.25, 0.3) is 0 Å². The van der Waals surface area contributed by atoms with Crippen LogP contribution in [-0.4, -0.2) is 21.4 Å². The van der Waals surface area contributed by atoms with Gasteiger partial charge in [-0.15, -0.1) is 11.8 Å². The van der Waals surface area contributed by atoms with Crippen molar-refractivity contribution in [1.82, 2.24) is 15.1 Å². The van der Waals surface area contributed by atoms with E-state index in [2.05, 4.69) is 61.5 Å². The predicted octanol–water partition coefficient (Wildman–Crippen LogP) is 4.57. The van der Waals surface area contributed by atoms with Crippen LogP contribution in [-0.2, 0) is 17.9 Å². The average molecular weight is 394 g/mol. The van der Waals surface area contributed by atoms with Crippen LogP contribution in [0, 0.1) is 27.7 Å². The smallest absolute Gasteiger partial charge is 0.230 e. The van der Waals surface area contributed by atoms with Crippen LogP contribution in [0.5, 0.6) is 0 Å². The average Bonchev–Trinajstić information content (AvgIpc) is 2.93. The number of carbonyl (C=O) groups is 1. The van der Waals surface area contributed by atoms with Crippen molar-refractivity contribution in [2.24, 2.45) is 0 Å². The van der Waals surface area contributed by atoms with Crippen LogP contribution in [0.15, 0.2) is 53.4 Å². The van der Waals surface area contributed by atoms with Gasteiger partial charge in [-0.1, -0.05) is 48.0 Å². The Morgan fingerprint density at radius 3 is 2.54 bits per heavy atom. The van der Waals surface area contributed by atoms with Gasteiger partial charge in [0.1, 0.15) is 0 Å². The number of nitrogens with one attached hydrogen (secondary N) is 1. The molecule has 0 atom stereocenters. The van der Waals surface area contributed by atoms with E-state index in [-0.39, 0.29) is 5.91 Å². The highest BCUT2D eigenvalue weighted by Crippen LogP contribution is 2.23. The molecule has 2 aromatic carbocycles. The van der Waals surface area contributed by atoms with Crippen LogP contribution < -0.4 is 5.32 Å². The molecule has 0 saturated heterocycles. The molecule has 1 aromatic heterocycles. The predicted molar refractivity (Wildman–Crippen MR) is 116 cm³/mol. The fourth-order valence-electron chi connectivity index (χ4n) is 3.24. The van der Waals surface area contributed by atoms with Crippen molar-refractivity contribution in [1.29, 1.82) is 0 Å². The van der Waals surface area contributed by atoms with Gasteiger partial charge in [-0.05, 0) is 44.9 Å². The van der Waals surface area contributed by atoms with E-state index in [1.807, 2.05) is 29.8 Å². The number of rotatable bonds is 7. The minimum absolute atomic E-state index is 0.0413. The van der Waals surface area contributed by atoms with Gasteiger partial charge in [0.15, 0.2) is 0 Å². The molecule has 0 fully saturated rings. The second kappa shape index (κ2) is 9.11. The molecule has 4 nitrogen and oxygen atoms in total. The van der Waals surface area contributed by atoms with Gasteiger partial charge in [0.05, 0.1) is 18.0 Å². The summed E-state index contributed by atoms with van der Waals surface area (Å²) in [5.74, 6) is 0.458. The number of benzene rings is 2. The van der Waals surface area contributed by atoms with Gasteiger partial charge in [0, 0.05) is 22.7 Å². The van der Waals surface area contributed by atoms with E-state index < -0.39 is 0 Å². The minimum Gasteiger partial charge on any atom is -0.351 e. The lowest BCUT2D eigenvalue weighted by molar-refractivity contribution is -0.118. The van der Waals surface area contributed by atoms with E-state index in [0.29, 0.717) is 12.3 Å². The van der Waals surface area contributed by atoms with Crippen molar-refractivity contribution in [2.75, 3.05) is 5.75 Å². The SMILES string of the molecule is Cc1ccc(SCC(=O)NCc2c(C)nn(Cc3ccccc3)c2C)c(C)c1. The summed E-state index contributed by atoms with van der Waals surface area (Å²) < 4.78 is 2.01. The van der Waals surface area contributed by atoms with E-state index in [0.717, 1.165) is 28.4 Å². The lowest BCUT2D eigenvalue weighted by Crippen LogP contribution is -2.25. The Hall–Kier alpha value is -2.53. The van der Waals surface area contributed by atoms with E-state index in [4.69, 9.17) is 0 Å². The van der Waals surface area contributed by atoms with Crippen molar-refractivity contribution in [2.45, 2.75) is 45.7 Å². The first-order valence-corrected chi connectivity index (χ1v) is 10.5. The topological polar surface area (TPSA) is 46.9 Å². The van der Waals surface area contributed by atoms with Crippen molar-refractivity contribution in [3.05, 3.63) is 82.2 Å². The molecule has 0 bridgehead atoms. The maximum absolute atomic E-state index is 12.3. The van der Waals surface area contributed by atoms with Crippen LogP contribution in [0.3, 0.4) is 0 Å². The van der Waals surface area contributed by atoms with Gasteiger partial charge in [-0.3, -0.25) is 9.48 Å². The number of carbonyl (C=O) groups excluding carboxylic acids is 1. The molecule has 1 heterocycles. The summed E-state index contributed by atoms with van der Waals surface area (Å²) in [5, 5.41) is 7.70. The van der Waals surface area contributed by atoms with Crippen molar-refractivity contribution in [3.8, 4) is 0 Å². The van der Waals surface area contributed by atoms with Crippen LogP contribution in [0.4, 0.5) is 0 Å². The van der Waals surface area contributed by atoms with Crippen LogP contribution in [0.25, 0.3) is 0 Å². The van der Waals surface area contributed by atoms with Crippen LogP contribution in [0.2, 0.25) is 0 Å². The fraction of sp³-hybridized carbons (Fsp3) is 0.304. The molecule has 146 valence electrons. The highest BCUT2D eigenvalue weighted by molar-refractivity contribution is 8.00. The summed E-state index contributed by atoms with van der Waals surface area (Å²) in [4.78, 5) is 13.5. The molecule has 0 spiro atoms. The second-order valence-electron chi connectivity index (χ2n) is 7.13. The van der Waals surface area contributed by atoms with Crippen molar-refractivity contribution in [3.63, 3.8) is 0 Å². The molecule has 0 saturated carbocycles. The third-order valence-corrected chi connectivity index (χ3v) is 6.03. The van der Waals surface area contributed by atoms with E-state index in [9.17, 15) is 4.79 Å². The Balaban J connectivity index is 1.57. The Kier molecular flexibility index (Phi) is 6.57. The summed E-state index contributed by atoms with van der Waals surface area (Å²) in [6.07, 6.45) is 0. The molecular formula is C23H27N3OS. The molecule has 0 aliphatic heterocycles. The molecular weight excluding hydrogens is 366 g/mol. The number of amides is 1. The maximum atomic E-state index is 12.3. The molecule has 1 N–H and O–H groups in total.